The quantitative estimate of drug-likeness (QED) is 0.512. The van der Waals surface area contributed by atoms with E-state index < -0.39 is 0 Å². The smallest absolute Gasteiger partial charge is 0.0662 e. The molecule has 1 aromatic rings. The molecule has 0 atom stereocenters. The Morgan fingerprint density at radius 3 is 2.83 bits per heavy atom. The highest BCUT2D eigenvalue weighted by molar-refractivity contribution is 5.33. The maximum atomic E-state index is 4.30. The van der Waals surface area contributed by atoms with Crippen LogP contribution in [0, 0.1) is 0 Å². The van der Waals surface area contributed by atoms with Gasteiger partial charge in [-0.2, -0.15) is 0 Å². The van der Waals surface area contributed by atoms with E-state index in [9.17, 15) is 0 Å². The fourth-order valence-corrected chi connectivity index (χ4v) is 1.34. The molecule has 1 aliphatic carbocycles. The zero-order chi connectivity index (χ0) is 8.23. The molecular weight excluding hydrogens is 146 g/mol. The normalized spacial score (nSPS) is 23.3. The van der Waals surface area contributed by atoms with Crippen LogP contribution in [0.15, 0.2) is 30.5 Å². The molecule has 1 aliphatic rings. The highest BCUT2D eigenvalue weighted by Crippen LogP contribution is 1.91. The largest absolute Gasteiger partial charge is 0.257 e. The van der Waals surface area contributed by atoms with Crippen molar-refractivity contribution in [3.63, 3.8) is 0 Å². The number of nitrogens with zero attached hydrogens (tertiary/aromatic N) is 1. The molecule has 0 fully saturated rings. The van der Waals surface area contributed by atoms with Crippen molar-refractivity contribution >= 4 is 12.2 Å². The lowest BCUT2D eigenvalue weighted by molar-refractivity contribution is 1.19. The molecule has 1 heterocycles. The standard InChI is InChI=1S/C11H11N/c1-2-4-8-11-10(6-3-1)7-5-9-12-11/h1-2,5-9H,3-4H2/b2-1-,10-6-,11-8+. The van der Waals surface area contributed by atoms with Crippen LogP contribution in [0.3, 0.4) is 0 Å². The number of hydrogen-bond acceptors (Lipinski definition) is 1. The summed E-state index contributed by atoms with van der Waals surface area (Å²) < 4.78 is 0. The lowest BCUT2D eigenvalue weighted by Gasteiger charge is -1.92. The number of aromatic nitrogens is 1. The topological polar surface area (TPSA) is 12.9 Å². The van der Waals surface area contributed by atoms with Crippen LogP contribution >= 0.6 is 0 Å². The molecule has 1 heteroatoms. The third kappa shape index (κ3) is 1.45. The van der Waals surface area contributed by atoms with Crippen molar-refractivity contribution in [1.82, 2.24) is 4.98 Å². The van der Waals surface area contributed by atoms with Crippen LogP contribution < -0.4 is 10.6 Å². The minimum absolute atomic E-state index is 0.998. The Hall–Kier alpha value is -1.37. The van der Waals surface area contributed by atoms with Crippen LogP contribution in [0.4, 0.5) is 0 Å². The minimum atomic E-state index is 0.998. The first-order chi connectivity index (χ1) is 5.97. The van der Waals surface area contributed by atoms with E-state index in [1.165, 1.54) is 5.22 Å². The van der Waals surface area contributed by atoms with E-state index in [-0.39, 0.29) is 0 Å². The molecule has 0 spiro atoms. The van der Waals surface area contributed by atoms with Gasteiger partial charge in [-0.3, -0.25) is 4.98 Å². The molecule has 0 saturated carbocycles. The molecule has 0 saturated heterocycles. The average molecular weight is 157 g/mol. The molecular formula is C11H11N. The van der Waals surface area contributed by atoms with Gasteiger partial charge in [-0.25, -0.2) is 0 Å². The van der Waals surface area contributed by atoms with E-state index in [0.29, 0.717) is 0 Å². The molecule has 0 bridgehead atoms. The van der Waals surface area contributed by atoms with E-state index >= 15 is 0 Å². The second-order valence-corrected chi connectivity index (χ2v) is 2.83. The summed E-state index contributed by atoms with van der Waals surface area (Å²) >= 11 is 0. The first-order valence-corrected chi connectivity index (χ1v) is 4.23. The van der Waals surface area contributed by atoms with Crippen molar-refractivity contribution in [2.45, 2.75) is 12.8 Å². The zero-order valence-electron chi connectivity index (χ0n) is 6.90. The molecule has 0 aliphatic heterocycles. The molecule has 0 amide bonds. The summed E-state index contributed by atoms with van der Waals surface area (Å²) in [4.78, 5) is 4.30. The fraction of sp³-hybridized carbons (Fsp3) is 0.182. The Morgan fingerprint density at radius 1 is 1.08 bits per heavy atom. The lowest BCUT2D eigenvalue weighted by atomic mass is 10.2. The molecule has 0 aromatic carbocycles. The summed E-state index contributed by atoms with van der Waals surface area (Å²) in [6, 6.07) is 4.09. The molecule has 1 nitrogen and oxygen atoms in total. The van der Waals surface area contributed by atoms with Gasteiger partial charge in [0.1, 0.15) is 0 Å². The molecule has 0 unspecified atom stereocenters. The van der Waals surface area contributed by atoms with Gasteiger partial charge in [0.2, 0.25) is 0 Å². The van der Waals surface area contributed by atoms with Crippen LogP contribution in [-0.2, 0) is 0 Å². The third-order valence-electron chi connectivity index (χ3n) is 1.96. The second-order valence-electron chi connectivity index (χ2n) is 2.83. The van der Waals surface area contributed by atoms with Gasteiger partial charge in [-0.15, -0.1) is 0 Å². The highest BCUT2D eigenvalue weighted by atomic mass is 14.6. The van der Waals surface area contributed by atoms with Crippen molar-refractivity contribution in [3.05, 3.63) is 41.0 Å². The molecule has 2 rings (SSSR count). The predicted octanol–water partition coefficient (Wildman–Crippen LogP) is 0.993. The summed E-state index contributed by atoms with van der Waals surface area (Å²) in [5.41, 5.74) is 0. The van der Waals surface area contributed by atoms with Gasteiger partial charge < -0.3 is 0 Å². The van der Waals surface area contributed by atoms with E-state index in [1.807, 2.05) is 12.3 Å². The van der Waals surface area contributed by atoms with Crippen molar-refractivity contribution in [3.8, 4) is 0 Å². The van der Waals surface area contributed by atoms with Gasteiger partial charge in [0.25, 0.3) is 0 Å². The van der Waals surface area contributed by atoms with Gasteiger partial charge in [-0.05, 0) is 24.1 Å². The molecule has 1 aromatic heterocycles. The Balaban J connectivity index is 2.66. The van der Waals surface area contributed by atoms with Crippen LogP contribution in [0.2, 0.25) is 0 Å². The van der Waals surface area contributed by atoms with Crippen molar-refractivity contribution in [2.75, 3.05) is 0 Å². The first kappa shape index (κ1) is 7.29. The highest BCUT2D eigenvalue weighted by Gasteiger charge is 1.86. The SMILES string of the molecule is C1=C\C/C=c2/nccc/c2=C/C/1. The Morgan fingerprint density at radius 2 is 1.92 bits per heavy atom. The minimum Gasteiger partial charge on any atom is -0.257 e. The average Bonchev–Trinajstić information content (AvgIpc) is 2.06. The summed E-state index contributed by atoms with van der Waals surface area (Å²) in [5.74, 6) is 0. The molecule has 0 N–H and O–H groups in total. The number of allylic oxidation sites excluding steroid dienone is 2. The Bertz CT molecular complexity index is 362. The number of fused-ring (bicyclic) bond motifs is 1. The van der Waals surface area contributed by atoms with Crippen molar-refractivity contribution in [2.24, 2.45) is 0 Å². The fourth-order valence-electron chi connectivity index (χ4n) is 1.34. The van der Waals surface area contributed by atoms with Crippen LogP contribution in [-0.4, -0.2) is 4.98 Å². The Kier molecular flexibility index (Phi) is 2.04. The molecule has 60 valence electrons. The number of hydrogen-bond donors (Lipinski definition) is 0. The lowest BCUT2D eigenvalue weighted by Crippen LogP contribution is -2.27. The van der Waals surface area contributed by atoms with Gasteiger partial charge in [-0.1, -0.05) is 30.4 Å². The monoisotopic (exact) mass is 157 g/mol. The molecule has 12 heavy (non-hydrogen) atoms. The predicted molar refractivity (Wildman–Crippen MR) is 50.8 cm³/mol. The first-order valence-electron chi connectivity index (χ1n) is 4.23. The number of pyridine rings is 1. The third-order valence-corrected chi connectivity index (χ3v) is 1.96. The number of rotatable bonds is 0. The van der Waals surface area contributed by atoms with E-state index in [2.05, 4.69) is 35.4 Å². The van der Waals surface area contributed by atoms with E-state index in [4.69, 9.17) is 0 Å². The summed E-state index contributed by atoms with van der Waals surface area (Å²) in [6.45, 7) is 0. The second kappa shape index (κ2) is 3.35. The van der Waals surface area contributed by atoms with Crippen LogP contribution in [0.25, 0.3) is 12.2 Å². The summed E-state index contributed by atoms with van der Waals surface area (Å²) in [5, 5.41) is 2.36. The van der Waals surface area contributed by atoms with Crippen molar-refractivity contribution in [1.29, 1.82) is 0 Å². The summed E-state index contributed by atoms with van der Waals surface area (Å²) in [6.07, 6.45) is 12.6. The van der Waals surface area contributed by atoms with Crippen LogP contribution in [0.1, 0.15) is 12.8 Å². The maximum Gasteiger partial charge on any atom is 0.0662 e. The zero-order valence-corrected chi connectivity index (χ0v) is 6.90. The van der Waals surface area contributed by atoms with Gasteiger partial charge >= 0.3 is 0 Å². The van der Waals surface area contributed by atoms with Gasteiger partial charge in [0.05, 0.1) is 5.35 Å². The molecule has 0 radical (unpaired) electrons. The van der Waals surface area contributed by atoms with E-state index in [1.54, 1.807) is 0 Å². The van der Waals surface area contributed by atoms with Gasteiger partial charge in [0, 0.05) is 6.20 Å². The van der Waals surface area contributed by atoms with Crippen LogP contribution in [0.5, 0.6) is 0 Å². The maximum absolute atomic E-state index is 4.30. The Labute approximate surface area is 71.8 Å². The van der Waals surface area contributed by atoms with Gasteiger partial charge in [0.15, 0.2) is 0 Å². The summed E-state index contributed by atoms with van der Waals surface area (Å²) in [7, 11) is 0. The van der Waals surface area contributed by atoms with E-state index in [0.717, 1.165) is 18.2 Å². The van der Waals surface area contributed by atoms with Crippen molar-refractivity contribution < 1.29 is 0 Å².